The van der Waals surface area contributed by atoms with Crippen molar-refractivity contribution in [3.63, 3.8) is 0 Å². The van der Waals surface area contributed by atoms with Gasteiger partial charge >= 0.3 is 0 Å². The number of benzene rings is 2. The highest BCUT2D eigenvalue weighted by Crippen LogP contribution is 2.41. The van der Waals surface area contributed by atoms with Crippen LogP contribution in [0.25, 0.3) is 27.6 Å². The second-order valence-electron chi connectivity index (χ2n) is 11.3. The van der Waals surface area contributed by atoms with E-state index in [0.717, 1.165) is 40.0 Å². The Kier molecular flexibility index (Phi) is 5.49. The van der Waals surface area contributed by atoms with Crippen molar-refractivity contribution in [2.24, 2.45) is 0 Å². The van der Waals surface area contributed by atoms with Crippen molar-refractivity contribution in [2.45, 2.75) is 26.2 Å². The Labute approximate surface area is 233 Å². The van der Waals surface area contributed by atoms with Gasteiger partial charge < -0.3 is 14.5 Å². The molecular weight excluding hydrogens is 496 g/mol. The topological polar surface area (TPSA) is 59.3 Å². The Hall–Kier alpha value is -4.91. The molecule has 7 heteroatoms. The third-order valence-corrected chi connectivity index (χ3v) is 7.57. The van der Waals surface area contributed by atoms with Gasteiger partial charge in [0.2, 0.25) is 5.88 Å². The maximum atomic E-state index is 6.37. The first-order valence-electron chi connectivity index (χ1n) is 13.4. The molecule has 0 fully saturated rings. The SMILES string of the molecule is CN1CN(c2ccnc(Oc3ccc4c5ccncc5n(-c5cc(C(C)(C)C)ccn5)c4c3)c2)c2ccccc21. The molecule has 1 aliphatic heterocycles. The molecule has 7 rings (SSSR count). The zero-order valence-electron chi connectivity index (χ0n) is 23.0. The molecule has 40 heavy (non-hydrogen) atoms. The lowest BCUT2D eigenvalue weighted by Crippen LogP contribution is -2.23. The summed E-state index contributed by atoms with van der Waals surface area (Å²) < 4.78 is 8.53. The molecule has 7 nitrogen and oxygen atoms in total. The molecule has 0 saturated heterocycles. The van der Waals surface area contributed by atoms with Gasteiger partial charge in [-0.3, -0.25) is 9.55 Å². The average Bonchev–Trinajstić information content (AvgIpc) is 3.47. The zero-order chi connectivity index (χ0) is 27.4. The lowest BCUT2D eigenvalue weighted by Gasteiger charge is -2.20. The van der Waals surface area contributed by atoms with Crippen molar-refractivity contribution in [1.82, 2.24) is 19.5 Å². The van der Waals surface area contributed by atoms with Crippen LogP contribution in [0, 0.1) is 0 Å². The van der Waals surface area contributed by atoms with Crippen LogP contribution in [-0.2, 0) is 5.41 Å². The number of hydrogen-bond acceptors (Lipinski definition) is 6. The molecule has 5 heterocycles. The number of aromatic nitrogens is 4. The number of anilines is 3. The van der Waals surface area contributed by atoms with E-state index in [9.17, 15) is 0 Å². The highest BCUT2D eigenvalue weighted by Gasteiger charge is 2.24. The van der Waals surface area contributed by atoms with Gasteiger partial charge in [0.15, 0.2) is 0 Å². The Morgan fingerprint density at radius 1 is 0.775 bits per heavy atom. The fourth-order valence-electron chi connectivity index (χ4n) is 5.51. The molecule has 198 valence electrons. The molecule has 2 aromatic carbocycles. The summed E-state index contributed by atoms with van der Waals surface area (Å²) in [7, 11) is 2.10. The van der Waals surface area contributed by atoms with Crippen LogP contribution in [0.15, 0.2) is 97.6 Å². The molecule has 0 aliphatic carbocycles. The Morgan fingerprint density at radius 2 is 1.57 bits per heavy atom. The molecule has 0 amide bonds. The minimum absolute atomic E-state index is 0.00429. The smallest absolute Gasteiger partial charge is 0.221 e. The fraction of sp³-hybridized carbons (Fsp3) is 0.182. The van der Waals surface area contributed by atoms with E-state index in [2.05, 4.69) is 107 Å². The first-order chi connectivity index (χ1) is 19.4. The van der Waals surface area contributed by atoms with E-state index in [0.29, 0.717) is 11.6 Å². The number of ether oxygens (including phenoxy) is 1. The first kappa shape index (κ1) is 24.2. The molecule has 0 spiro atoms. The molecule has 0 N–H and O–H groups in total. The molecule has 6 aromatic rings. The summed E-state index contributed by atoms with van der Waals surface area (Å²) in [6.45, 7) is 7.41. The molecule has 0 saturated carbocycles. The van der Waals surface area contributed by atoms with Crippen molar-refractivity contribution in [3.8, 4) is 17.4 Å². The van der Waals surface area contributed by atoms with Gasteiger partial charge in [-0.25, -0.2) is 9.97 Å². The Bertz CT molecular complexity index is 1890. The van der Waals surface area contributed by atoms with Crippen LogP contribution in [0.5, 0.6) is 11.6 Å². The summed E-state index contributed by atoms with van der Waals surface area (Å²) in [5.74, 6) is 2.11. The van der Waals surface area contributed by atoms with Gasteiger partial charge in [0.05, 0.1) is 35.3 Å². The van der Waals surface area contributed by atoms with Crippen molar-refractivity contribution < 1.29 is 4.74 Å². The molecule has 1 aliphatic rings. The van der Waals surface area contributed by atoms with Crippen molar-refractivity contribution in [2.75, 3.05) is 23.5 Å². The maximum Gasteiger partial charge on any atom is 0.221 e. The van der Waals surface area contributed by atoms with Crippen molar-refractivity contribution in [3.05, 3.63) is 103 Å². The number of para-hydroxylation sites is 2. The Morgan fingerprint density at radius 3 is 2.42 bits per heavy atom. The predicted octanol–water partition coefficient (Wildman–Crippen LogP) is 7.60. The number of rotatable bonds is 4. The lowest BCUT2D eigenvalue weighted by atomic mass is 9.88. The summed E-state index contributed by atoms with van der Waals surface area (Å²) in [5, 5.41) is 2.24. The van der Waals surface area contributed by atoms with Crippen LogP contribution in [0.2, 0.25) is 0 Å². The normalized spacial score (nSPS) is 13.3. The van der Waals surface area contributed by atoms with Crippen LogP contribution in [0.1, 0.15) is 26.3 Å². The van der Waals surface area contributed by atoms with Gasteiger partial charge in [-0.05, 0) is 59.5 Å². The first-order valence-corrected chi connectivity index (χ1v) is 13.4. The lowest BCUT2D eigenvalue weighted by molar-refractivity contribution is 0.463. The van der Waals surface area contributed by atoms with E-state index in [1.807, 2.05) is 36.8 Å². The van der Waals surface area contributed by atoms with E-state index in [4.69, 9.17) is 9.72 Å². The largest absolute Gasteiger partial charge is 0.439 e. The van der Waals surface area contributed by atoms with Gasteiger partial charge in [-0.1, -0.05) is 32.9 Å². The summed E-state index contributed by atoms with van der Waals surface area (Å²) in [6.07, 6.45) is 7.42. The predicted molar refractivity (Wildman–Crippen MR) is 161 cm³/mol. The van der Waals surface area contributed by atoms with E-state index in [1.54, 1.807) is 6.20 Å². The quantitative estimate of drug-likeness (QED) is 0.236. The number of pyridine rings is 3. The van der Waals surface area contributed by atoms with Gasteiger partial charge in [0, 0.05) is 54.2 Å². The van der Waals surface area contributed by atoms with Crippen molar-refractivity contribution in [1.29, 1.82) is 0 Å². The van der Waals surface area contributed by atoms with E-state index < -0.39 is 0 Å². The average molecular weight is 527 g/mol. The fourth-order valence-corrected chi connectivity index (χ4v) is 5.51. The van der Waals surface area contributed by atoms with Gasteiger partial charge in [-0.2, -0.15) is 0 Å². The van der Waals surface area contributed by atoms with Crippen LogP contribution < -0.4 is 14.5 Å². The molecule has 0 unspecified atom stereocenters. The standard InChI is InChI=1S/C33H30N6O/c1-33(2,3)22-11-15-35-31(17-22)39-29-19-24(9-10-25(29)26-13-14-34-20-30(26)39)40-32-18-23(12-16-36-32)38-21-37(4)27-7-5-6-8-28(27)38/h5-20H,21H2,1-4H3. The highest BCUT2D eigenvalue weighted by molar-refractivity contribution is 6.09. The van der Waals surface area contributed by atoms with E-state index in [1.165, 1.54) is 16.9 Å². The summed E-state index contributed by atoms with van der Waals surface area (Å²) in [4.78, 5) is 18.2. The van der Waals surface area contributed by atoms with E-state index in [-0.39, 0.29) is 5.41 Å². The summed E-state index contributed by atoms with van der Waals surface area (Å²) in [5.41, 5.74) is 6.65. The van der Waals surface area contributed by atoms with Crippen LogP contribution in [0.3, 0.4) is 0 Å². The minimum atomic E-state index is 0.00429. The number of hydrogen-bond donors (Lipinski definition) is 0. The highest BCUT2D eigenvalue weighted by atomic mass is 16.5. The molecule has 4 aromatic heterocycles. The summed E-state index contributed by atoms with van der Waals surface area (Å²) >= 11 is 0. The zero-order valence-corrected chi connectivity index (χ0v) is 23.0. The number of fused-ring (bicyclic) bond motifs is 4. The van der Waals surface area contributed by atoms with Gasteiger partial charge in [0.25, 0.3) is 0 Å². The van der Waals surface area contributed by atoms with Crippen LogP contribution >= 0.6 is 0 Å². The molecular formula is C33H30N6O. The minimum Gasteiger partial charge on any atom is -0.439 e. The summed E-state index contributed by atoms with van der Waals surface area (Å²) in [6, 6.07) is 24.9. The van der Waals surface area contributed by atoms with Gasteiger partial charge in [0.1, 0.15) is 11.6 Å². The second kappa shape index (κ2) is 9.09. The second-order valence-corrected chi connectivity index (χ2v) is 11.3. The van der Waals surface area contributed by atoms with Gasteiger partial charge in [-0.15, -0.1) is 0 Å². The molecule has 0 bridgehead atoms. The third-order valence-electron chi connectivity index (χ3n) is 7.57. The van der Waals surface area contributed by atoms with E-state index >= 15 is 0 Å². The monoisotopic (exact) mass is 526 g/mol. The number of nitrogens with zero attached hydrogens (tertiary/aromatic N) is 6. The third kappa shape index (κ3) is 4.02. The molecule has 0 radical (unpaired) electrons. The van der Waals surface area contributed by atoms with Crippen LogP contribution in [-0.4, -0.2) is 33.2 Å². The van der Waals surface area contributed by atoms with Crippen molar-refractivity contribution >= 4 is 38.9 Å². The molecule has 0 atom stereocenters. The van der Waals surface area contributed by atoms with Crippen LogP contribution in [0.4, 0.5) is 17.1 Å². The Balaban J connectivity index is 1.29. The maximum absolute atomic E-state index is 6.37.